The number of aliphatic carboxylic acids is 1. The SMILES string of the molecule is CCCC(NC(=O)[C@@H]1[C@H]2CCC(=O)[C@H]2CN1C(=O)[C@@H](NC(=O)[C@@H](O)C(C)C)C(C)C)C(=O)C(=O)N[C@@H](Cc1ccccc1)C(=O)O. The Morgan fingerprint density at radius 3 is 2.15 bits per heavy atom. The van der Waals surface area contributed by atoms with Crippen LogP contribution in [0.2, 0.25) is 0 Å². The lowest BCUT2D eigenvalue weighted by molar-refractivity contribution is -0.147. The number of carboxylic acid groups (broad SMARTS) is 1. The van der Waals surface area contributed by atoms with Gasteiger partial charge in [-0.3, -0.25) is 28.8 Å². The maximum atomic E-state index is 13.9. The number of carboxylic acids is 1. The Kier molecular flexibility index (Phi) is 12.6. The zero-order valence-electron chi connectivity index (χ0n) is 27.0. The lowest BCUT2D eigenvalue weighted by Gasteiger charge is -2.33. The van der Waals surface area contributed by atoms with E-state index in [2.05, 4.69) is 16.0 Å². The average molecular weight is 643 g/mol. The number of carbonyl (C=O) groups excluding carboxylic acids is 6. The van der Waals surface area contributed by atoms with Crippen molar-refractivity contribution in [3.63, 3.8) is 0 Å². The largest absolute Gasteiger partial charge is 0.480 e. The molecule has 3 rings (SSSR count). The third-order valence-electron chi connectivity index (χ3n) is 8.79. The van der Waals surface area contributed by atoms with E-state index in [-0.39, 0.29) is 31.6 Å². The van der Waals surface area contributed by atoms with Crippen molar-refractivity contribution in [2.75, 3.05) is 6.54 Å². The molecule has 7 atom stereocenters. The number of aliphatic hydroxyl groups is 1. The Balaban J connectivity index is 1.81. The number of nitrogens with one attached hydrogen (secondary N) is 3. The molecule has 2 aliphatic rings. The topological polar surface area (TPSA) is 199 Å². The molecule has 1 unspecified atom stereocenters. The monoisotopic (exact) mass is 642 g/mol. The molecule has 0 bridgehead atoms. The molecule has 13 nitrogen and oxygen atoms in total. The van der Waals surface area contributed by atoms with E-state index in [0.29, 0.717) is 18.4 Å². The molecule has 0 spiro atoms. The molecule has 0 radical (unpaired) electrons. The van der Waals surface area contributed by atoms with Crippen LogP contribution in [0.15, 0.2) is 30.3 Å². The van der Waals surface area contributed by atoms with Gasteiger partial charge in [0, 0.05) is 31.2 Å². The summed E-state index contributed by atoms with van der Waals surface area (Å²) in [6, 6.07) is 3.67. The van der Waals surface area contributed by atoms with Gasteiger partial charge in [-0.2, -0.15) is 0 Å². The average Bonchev–Trinajstić information content (AvgIpc) is 3.57. The zero-order valence-corrected chi connectivity index (χ0v) is 27.0. The standard InChI is InChI=1S/C33H46N4O9/c1-6-10-22(28(40)31(43)35-23(33(45)46)15-19-11-8-7-9-12-19)34-29(41)26-20-13-14-24(38)21(20)16-37(26)32(44)25(17(2)3)36-30(42)27(39)18(4)5/h7-9,11-12,17-18,20-23,25-27,39H,6,10,13-16H2,1-5H3,(H,34,41)(H,35,43)(H,36,42)(H,45,46)/t20-,21-,22?,23-,25-,26-,27-/m0/s1. The van der Waals surface area contributed by atoms with Crippen molar-refractivity contribution < 1.29 is 43.8 Å². The number of likely N-dealkylation sites (tertiary alicyclic amines) is 1. The van der Waals surface area contributed by atoms with Crippen molar-refractivity contribution in [2.24, 2.45) is 23.7 Å². The molecule has 1 aliphatic heterocycles. The van der Waals surface area contributed by atoms with Crippen LogP contribution in [0.5, 0.6) is 0 Å². The van der Waals surface area contributed by atoms with Gasteiger partial charge < -0.3 is 31.1 Å². The number of Topliss-reactive ketones (excluding diaryl/α,β-unsaturated/α-hetero) is 2. The molecule has 1 heterocycles. The van der Waals surface area contributed by atoms with Crippen molar-refractivity contribution >= 4 is 41.2 Å². The van der Waals surface area contributed by atoms with Crippen LogP contribution in [0.25, 0.3) is 0 Å². The van der Waals surface area contributed by atoms with Gasteiger partial charge >= 0.3 is 5.97 Å². The van der Waals surface area contributed by atoms with Gasteiger partial charge in [-0.15, -0.1) is 0 Å². The van der Waals surface area contributed by atoms with Crippen LogP contribution in [-0.2, 0) is 40.0 Å². The summed E-state index contributed by atoms with van der Waals surface area (Å²) in [6.07, 6.45) is -0.355. The molecule has 4 amide bonds. The number of rotatable bonds is 15. The van der Waals surface area contributed by atoms with Crippen LogP contribution in [0.1, 0.15) is 65.9 Å². The number of hydrogen-bond donors (Lipinski definition) is 5. The molecule has 1 aliphatic carbocycles. The van der Waals surface area contributed by atoms with Gasteiger partial charge in [0.25, 0.3) is 5.91 Å². The van der Waals surface area contributed by atoms with Crippen molar-refractivity contribution in [1.29, 1.82) is 0 Å². The second-order valence-electron chi connectivity index (χ2n) is 12.9. The lowest BCUT2D eigenvalue weighted by Crippen LogP contribution is -2.59. The molecule has 1 saturated carbocycles. The quantitative estimate of drug-likeness (QED) is 0.170. The van der Waals surface area contributed by atoms with E-state index in [1.165, 1.54) is 4.90 Å². The predicted octanol–water partition coefficient (Wildman–Crippen LogP) is 0.616. The van der Waals surface area contributed by atoms with Gasteiger partial charge in [-0.25, -0.2) is 4.79 Å². The summed E-state index contributed by atoms with van der Waals surface area (Å²) in [5.74, 6) is -7.59. The molecular weight excluding hydrogens is 596 g/mol. The molecule has 1 saturated heterocycles. The summed E-state index contributed by atoms with van der Waals surface area (Å²) in [5, 5.41) is 27.4. The first kappa shape index (κ1) is 36.3. The molecular formula is C33H46N4O9. The van der Waals surface area contributed by atoms with E-state index in [1.807, 2.05) is 0 Å². The van der Waals surface area contributed by atoms with Crippen LogP contribution >= 0.6 is 0 Å². The predicted molar refractivity (Wildman–Crippen MR) is 166 cm³/mol. The fourth-order valence-electron chi connectivity index (χ4n) is 6.15. The molecule has 252 valence electrons. The molecule has 0 aromatic heterocycles. The summed E-state index contributed by atoms with van der Waals surface area (Å²) >= 11 is 0. The van der Waals surface area contributed by atoms with Crippen molar-refractivity contribution in [1.82, 2.24) is 20.9 Å². The third-order valence-corrected chi connectivity index (χ3v) is 8.79. The van der Waals surface area contributed by atoms with Crippen molar-refractivity contribution in [3.8, 4) is 0 Å². The smallest absolute Gasteiger partial charge is 0.326 e. The number of benzene rings is 1. The second-order valence-corrected chi connectivity index (χ2v) is 12.9. The van der Waals surface area contributed by atoms with Gasteiger partial charge in [0.15, 0.2) is 0 Å². The van der Waals surface area contributed by atoms with Gasteiger partial charge in [0.05, 0.1) is 6.04 Å². The van der Waals surface area contributed by atoms with E-state index >= 15 is 0 Å². The Hall–Kier alpha value is -4.13. The number of amides is 4. The van der Waals surface area contributed by atoms with Crippen LogP contribution in [0.3, 0.4) is 0 Å². The van der Waals surface area contributed by atoms with E-state index < -0.39 is 89.3 Å². The molecule has 46 heavy (non-hydrogen) atoms. The first-order chi connectivity index (χ1) is 21.7. The highest BCUT2D eigenvalue weighted by Gasteiger charge is 2.54. The zero-order chi connectivity index (χ0) is 34.3. The minimum atomic E-state index is -1.39. The summed E-state index contributed by atoms with van der Waals surface area (Å²) in [4.78, 5) is 92.6. The van der Waals surface area contributed by atoms with Gasteiger partial charge in [-0.05, 0) is 30.2 Å². The van der Waals surface area contributed by atoms with E-state index in [9.17, 15) is 43.8 Å². The fraction of sp³-hybridized carbons (Fsp3) is 0.606. The van der Waals surface area contributed by atoms with Crippen LogP contribution in [0.4, 0.5) is 0 Å². The Morgan fingerprint density at radius 1 is 0.935 bits per heavy atom. The Morgan fingerprint density at radius 2 is 1.59 bits per heavy atom. The number of hydrogen-bond acceptors (Lipinski definition) is 8. The first-order valence-corrected chi connectivity index (χ1v) is 15.9. The number of aliphatic hydroxyl groups excluding tert-OH is 1. The van der Waals surface area contributed by atoms with Crippen LogP contribution in [-0.4, -0.2) is 93.1 Å². The molecule has 2 fully saturated rings. The molecule has 1 aromatic carbocycles. The minimum Gasteiger partial charge on any atom is -0.480 e. The number of ketones is 2. The summed E-state index contributed by atoms with van der Waals surface area (Å²) < 4.78 is 0. The van der Waals surface area contributed by atoms with E-state index in [0.717, 1.165) is 0 Å². The Labute approximate surface area is 268 Å². The first-order valence-electron chi connectivity index (χ1n) is 15.9. The summed E-state index contributed by atoms with van der Waals surface area (Å²) in [5.41, 5.74) is 0.641. The molecule has 13 heteroatoms. The fourth-order valence-corrected chi connectivity index (χ4v) is 6.15. The third kappa shape index (κ3) is 8.56. The highest BCUT2D eigenvalue weighted by Crippen LogP contribution is 2.41. The van der Waals surface area contributed by atoms with Gasteiger partial charge in [0.2, 0.25) is 23.5 Å². The van der Waals surface area contributed by atoms with Crippen LogP contribution < -0.4 is 16.0 Å². The minimum absolute atomic E-state index is 0.0428. The number of nitrogens with zero attached hydrogens (tertiary/aromatic N) is 1. The van der Waals surface area contributed by atoms with Crippen LogP contribution in [0, 0.1) is 23.7 Å². The van der Waals surface area contributed by atoms with Crippen molar-refractivity contribution in [2.45, 2.75) is 97.0 Å². The maximum Gasteiger partial charge on any atom is 0.326 e. The molecule has 5 N–H and O–H groups in total. The maximum absolute atomic E-state index is 13.9. The number of carbonyl (C=O) groups is 7. The van der Waals surface area contributed by atoms with Crippen molar-refractivity contribution in [3.05, 3.63) is 35.9 Å². The second kappa shape index (κ2) is 15.9. The highest BCUT2D eigenvalue weighted by molar-refractivity contribution is 6.38. The summed E-state index contributed by atoms with van der Waals surface area (Å²) in [6.45, 7) is 8.43. The summed E-state index contributed by atoms with van der Waals surface area (Å²) in [7, 11) is 0. The molecule has 1 aromatic rings. The van der Waals surface area contributed by atoms with E-state index in [4.69, 9.17) is 0 Å². The Bertz CT molecular complexity index is 1320. The normalized spacial score (nSPS) is 21.7. The van der Waals surface area contributed by atoms with E-state index in [1.54, 1.807) is 65.0 Å². The highest BCUT2D eigenvalue weighted by atomic mass is 16.4. The van der Waals surface area contributed by atoms with Gasteiger partial charge in [0.1, 0.15) is 30.0 Å². The lowest BCUT2D eigenvalue weighted by atomic mass is 9.92. The van der Waals surface area contributed by atoms with Gasteiger partial charge in [-0.1, -0.05) is 71.4 Å². The number of fused-ring (bicyclic) bond motifs is 1.